The van der Waals surface area contributed by atoms with Gasteiger partial charge in [0.1, 0.15) is 0 Å². The molecule has 5 nitrogen and oxygen atoms in total. The third-order valence-corrected chi connectivity index (χ3v) is 3.20. The Morgan fingerprint density at radius 3 is 2.83 bits per heavy atom. The lowest BCUT2D eigenvalue weighted by Gasteiger charge is -2.00. The summed E-state index contributed by atoms with van der Waals surface area (Å²) in [5, 5.41) is 9.79. The molecule has 2 N–H and O–H groups in total. The topological polar surface area (TPSA) is 71.6 Å². The number of aromatic amines is 1. The van der Waals surface area contributed by atoms with Gasteiger partial charge in [-0.3, -0.25) is 4.79 Å². The Morgan fingerprint density at radius 2 is 2.11 bits per heavy atom. The monoisotopic (exact) mass is 247 g/mol. The van der Waals surface area contributed by atoms with Gasteiger partial charge in [0.05, 0.1) is 0 Å². The number of rotatable bonds is 3. The quantitative estimate of drug-likeness (QED) is 0.872. The molecule has 2 heterocycles. The molecule has 0 aliphatic carbocycles. The summed E-state index contributed by atoms with van der Waals surface area (Å²) in [6.45, 7) is 2.19. The van der Waals surface area contributed by atoms with Crippen molar-refractivity contribution in [1.82, 2.24) is 4.98 Å². The van der Waals surface area contributed by atoms with E-state index in [-0.39, 0.29) is 13.2 Å². The Kier molecular flexibility index (Phi) is 2.40. The summed E-state index contributed by atoms with van der Waals surface area (Å²) in [6.07, 6.45) is 0.642. The Bertz CT molecular complexity index is 629. The first-order valence-corrected chi connectivity index (χ1v) is 5.78. The minimum Gasteiger partial charge on any atom is -0.481 e. The van der Waals surface area contributed by atoms with Gasteiger partial charge < -0.3 is 19.6 Å². The number of aromatic nitrogens is 1. The second-order valence-electron chi connectivity index (χ2n) is 4.37. The van der Waals surface area contributed by atoms with Gasteiger partial charge in [0.25, 0.3) is 0 Å². The Hall–Kier alpha value is -2.17. The zero-order valence-corrected chi connectivity index (χ0v) is 9.95. The van der Waals surface area contributed by atoms with Crippen LogP contribution in [-0.2, 0) is 11.2 Å². The van der Waals surface area contributed by atoms with Crippen molar-refractivity contribution < 1.29 is 19.4 Å². The summed E-state index contributed by atoms with van der Waals surface area (Å²) in [5.41, 5.74) is 2.98. The van der Waals surface area contributed by atoms with E-state index in [9.17, 15) is 4.79 Å². The van der Waals surface area contributed by atoms with E-state index in [1.807, 2.05) is 19.1 Å². The van der Waals surface area contributed by atoms with Gasteiger partial charge in [0, 0.05) is 29.1 Å². The summed E-state index contributed by atoms with van der Waals surface area (Å²) in [4.78, 5) is 13.9. The van der Waals surface area contributed by atoms with Crippen LogP contribution < -0.4 is 9.47 Å². The van der Waals surface area contributed by atoms with Crippen LogP contribution in [0.5, 0.6) is 11.5 Å². The molecule has 94 valence electrons. The third kappa shape index (κ3) is 1.68. The Balaban J connectivity index is 2.07. The zero-order chi connectivity index (χ0) is 12.7. The van der Waals surface area contributed by atoms with Gasteiger partial charge in [0.15, 0.2) is 11.5 Å². The molecule has 0 radical (unpaired) electrons. The molecule has 2 aromatic rings. The summed E-state index contributed by atoms with van der Waals surface area (Å²) in [5.74, 6) is 0.663. The van der Waals surface area contributed by atoms with Crippen LogP contribution in [0.2, 0.25) is 0 Å². The highest BCUT2D eigenvalue weighted by Crippen LogP contribution is 2.38. The summed E-state index contributed by atoms with van der Waals surface area (Å²) in [6, 6.07) is 3.81. The largest absolute Gasteiger partial charge is 0.481 e. The highest BCUT2D eigenvalue weighted by atomic mass is 16.7. The fourth-order valence-electron chi connectivity index (χ4n) is 2.33. The maximum atomic E-state index is 10.7. The van der Waals surface area contributed by atoms with Gasteiger partial charge in [-0.15, -0.1) is 0 Å². The van der Waals surface area contributed by atoms with Crippen LogP contribution >= 0.6 is 0 Å². The van der Waals surface area contributed by atoms with E-state index < -0.39 is 5.97 Å². The van der Waals surface area contributed by atoms with Gasteiger partial charge in [-0.25, -0.2) is 0 Å². The molecule has 0 atom stereocenters. The van der Waals surface area contributed by atoms with Crippen LogP contribution in [0.3, 0.4) is 0 Å². The van der Waals surface area contributed by atoms with E-state index in [4.69, 9.17) is 14.6 Å². The smallest absolute Gasteiger partial charge is 0.303 e. The average Bonchev–Trinajstić information content (AvgIpc) is 2.86. The van der Waals surface area contributed by atoms with E-state index in [2.05, 4.69) is 4.98 Å². The number of benzene rings is 1. The van der Waals surface area contributed by atoms with Gasteiger partial charge in [-0.05, 0) is 25.0 Å². The van der Waals surface area contributed by atoms with Crippen LogP contribution in [0.25, 0.3) is 10.9 Å². The van der Waals surface area contributed by atoms with Crippen molar-refractivity contribution in [2.45, 2.75) is 19.8 Å². The second kappa shape index (κ2) is 3.94. The number of aliphatic carboxylic acids is 1. The zero-order valence-electron chi connectivity index (χ0n) is 9.95. The molecule has 0 saturated heterocycles. The van der Waals surface area contributed by atoms with E-state index in [0.29, 0.717) is 6.42 Å². The molecule has 0 spiro atoms. The predicted molar refractivity (Wildman–Crippen MR) is 65.1 cm³/mol. The van der Waals surface area contributed by atoms with Crippen LogP contribution in [0, 0.1) is 6.92 Å². The third-order valence-electron chi connectivity index (χ3n) is 3.20. The molecule has 1 aromatic carbocycles. The van der Waals surface area contributed by atoms with Gasteiger partial charge in [0.2, 0.25) is 6.79 Å². The predicted octanol–water partition coefficient (Wildman–Crippen LogP) is 2.22. The number of H-pyrrole nitrogens is 1. The van der Waals surface area contributed by atoms with Crippen molar-refractivity contribution in [2.24, 2.45) is 0 Å². The SMILES string of the molecule is Cc1[nH]c2cc3c(cc2c1CCC(=O)O)OCO3. The number of carboxylic acids is 1. The lowest BCUT2D eigenvalue weighted by molar-refractivity contribution is -0.136. The standard InChI is InChI=1S/C13H13NO4/c1-7-8(2-3-13(15)16)9-4-11-12(18-6-17-11)5-10(9)14-7/h4-5,14H,2-3,6H2,1H3,(H,15,16). The first-order chi connectivity index (χ1) is 8.65. The van der Waals surface area contributed by atoms with Crippen LogP contribution in [0.15, 0.2) is 12.1 Å². The maximum Gasteiger partial charge on any atom is 0.303 e. The maximum absolute atomic E-state index is 10.7. The van der Waals surface area contributed by atoms with Crippen molar-refractivity contribution in [1.29, 1.82) is 0 Å². The van der Waals surface area contributed by atoms with Crippen molar-refractivity contribution in [3.63, 3.8) is 0 Å². The number of hydrogen-bond acceptors (Lipinski definition) is 3. The average molecular weight is 247 g/mol. The summed E-state index contributed by atoms with van der Waals surface area (Å²) in [7, 11) is 0. The molecule has 1 aliphatic heterocycles. The summed E-state index contributed by atoms with van der Waals surface area (Å²) >= 11 is 0. The molecular weight excluding hydrogens is 234 g/mol. The minimum atomic E-state index is -0.788. The molecule has 1 aromatic heterocycles. The van der Waals surface area contributed by atoms with Crippen LogP contribution in [0.4, 0.5) is 0 Å². The molecular formula is C13H13NO4. The van der Waals surface area contributed by atoms with Crippen LogP contribution in [0.1, 0.15) is 17.7 Å². The Morgan fingerprint density at radius 1 is 1.39 bits per heavy atom. The minimum absolute atomic E-state index is 0.127. The molecule has 0 saturated carbocycles. The van der Waals surface area contributed by atoms with E-state index in [1.165, 1.54) is 0 Å². The van der Waals surface area contributed by atoms with Crippen molar-refractivity contribution in [3.8, 4) is 11.5 Å². The number of aryl methyl sites for hydroxylation is 2. The molecule has 3 rings (SSSR count). The molecule has 0 fully saturated rings. The fourth-order valence-corrected chi connectivity index (χ4v) is 2.33. The van der Waals surface area contributed by atoms with E-state index >= 15 is 0 Å². The first kappa shape index (κ1) is 11.0. The number of nitrogens with one attached hydrogen (secondary N) is 1. The number of fused-ring (bicyclic) bond motifs is 2. The molecule has 0 amide bonds. The number of ether oxygens (including phenoxy) is 2. The highest BCUT2D eigenvalue weighted by Gasteiger charge is 2.18. The van der Waals surface area contributed by atoms with E-state index in [0.717, 1.165) is 33.7 Å². The first-order valence-electron chi connectivity index (χ1n) is 5.78. The van der Waals surface area contributed by atoms with Gasteiger partial charge in [-0.1, -0.05) is 0 Å². The number of carboxylic acid groups (broad SMARTS) is 1. The molecule has 1 aliphatic rings. The second-order valence-corrected chi connectivity index (χ2v) is 4.37. The summed E-state index contributed by atoms with van der Waals surface area (Å²) < 4.78 is 10.7. The van der Waals surface area contributed by atoms with E-state index in [1.54, 1.807) is 0 Å². The fraction of sp³-hybridized carbons (Fsp3) is 0.308. The number of hydrogen-bond donors (Lipinski definition) is 2. The highest BCUT2D eigenvalue weighted by molar-refractivity contribution is 5.88. The van der Waals surface area contributed by atoms with Crippen molar-refractivity contribution in [2.75, 3.05) is 6.79 Å². The lowest BCUT2D eigenvalue weighted by atomic mass is 10.1. The molecule has 0 unspecified atom stereocenters. The Labute approximate surface area is 103 Å². The normalized spacial score (nSPS) is 13.2. The number of carbonyl (C=O) groups is 1. The molecule has 18 heavy (non-hydrogen) atoms. The van der Waals surface area contributed by atoms with Gasteiger partial charge >= 0.3 is 5.97 Å². The van der Waals surface area contributed by atoms with Crippen LogP contribution in [-0.4, -0.2) is 22.9 Å². The van der Waals surface area contributed by atoms with Crippen molar-refractivity contribution >= 4 is 16.9 Å². The lowest BCUT2D eigenvalue weighted by Crippen LogP contribution is -1.98. The molecule has 5 heteroatoms. The molecule has 0 bridgehead atoms. The van der Waals surface area contributed by atoms with Gasteiger partial charge in [-0.2, -0.15) is 0 Å². The van der Waals surface area contributed by atoms with Crippen molar-refractivity contribution in [3.05, 3.63) is 23.4 Å².